The summed E-state index contributed by atoms with van der Waals surface area (Å²) in [5, 5.41) is 0. The molecule has 0 saturated heterocycles. The minimum absolute atomic E-state index is 0.481. The van der Waals surface area contributed by atoms with Gasteiger partial charge in [0.15, 0.2) is 0 Å². The van der Waals surface area contributed by atoms with Crippen LogP contribution in [0.5, 0.6) is 0 Å². The maximum Gasteiger partial charge on any atom is 0.366 e. The van der Waals surface area contributed by atoms with Gasteiger partial charge in [-0.3, -0.25) is 0 Å². The summed E-state index contributed by atoms with van der Waals surface area (Å²) in [6, 6.07) is 0. The van der Waals surface area contributed by atoms with Crippen molar-refractivity contribution in [2.45, 2.75) is 12.8 Å². The Hall–Kier alpha value is -0.900. The zero-order chi connectivity index (χ0) is 9.40. The monoisotopic (exact) mass is 176 g/mol. The molecule has 3 nitrogen and oxygen atoms in total. The smallest absolute Gasteiger partial charge is 0.366 e. The topological polar surface area (TPSA) is 35.5 Å². The highest BCUT2D eigenvalue weighted by Gasteiger charge is 2.05. The molecule has 12 heavy (non-hydrogen) atoms. The van der Waals surface area contributed by atoms with Crippen molar-refractivity contribution in [3.8, 4) is 0 Å². The Kier molecular flexibility index (Phi) is 6.28. The Balaban J connectivity index is 3.61. The number of carbonyl (C=O) groups is 1. The summed E-state index contributed by atoms with van der Waals surface area (Å²) >= 11 is 0. The van der Waals surface area contributed by atoms with Crippen LogP contribution in [-0.4, -0.2) is 26.8 Å². The van der Waals surface area contributed by atoms with Crippen LogP contribution >= 0.6 is 0 Å². The van der Waals surface area contributed by atoms with Crippen molar-refractivity contribution in [3.63, 3.8) is 0 Å². The first-order valence-corrected chi connectivity index (χ1v) is 3.65. The molecule has 0 radical (unpaired) electrons. The van der Waals surface area contributed by atoms with Crippen molar-refractivity contribution >= 4 is 5.97 Å². The fourth-order valence-electron chi connectivity index (χ4n) is 0.637. The molecule has 0 N–H and O–H groups in total. The van der Waals surface area contributed by atoms with Crippen LogP contribution in [0, 0.1) is 0 Å². The summed E-state index contributed by atoms with van der Waals surface area (Å²) in [4.78, 5) is 10.5. The molecule has 0 aromatic rings. The van der Waals surface area contributed by atoms with Crippen molar-refractivity contribution in [1.29, 1.82) is 0 Å². The zero-order valence-corrected chi connectivity index (χ0v) is 7.30. The van der Waals surface area contributed by atoms with Gasteiger partial charge in [0, 0.05) is 13.7 Å². The molecule has 0 saturated carbocycles. The standard InChI is InChI=1S/C8H13FO3/c1-11-6-4-3-5-7(9)8(10)12-2/h5H,3-4,6H2,1-2H3/b7-5-. The number of allylic oxidation sites excluding steroid dienone is 1. The zero-order valence-electron chi connectivity index (χ0n) is 7.30. The third-order valence-electron chi connectivity index (χ3n) is 1.26. The van der Waals surface area contributed by atoms with Crippen molar-refractivity contribution in [2.75, 3.05) is 20.8 Å². The van der Waals surface area contributed by atoms with Crippen molar-refractivity contribution < 1.29 is 18.7 Å². The van der Waals surface area contributed by atoms with Crippen LogP contribution in [0.2, 0.25) is 0 Å². The lowest BCUT2D eigenvalue weighted by molar-refractivity contribution is -0.137. The van der Waals surface area contributed by atoms with E-state index < -0.39 is 11.8 Å². The van der Waals surface area contributed by atoms with Crippen molar-refractivity contribution in [3.05, 3.63) is 11.9 Å². The molecule has 0 rings (SSSR count). The molecule has 0 unspecified atom stereocenters. The van der Waals surface area contributed by atoms with Crippen LogP contribution in [0.15, 0.2) is 11.9 Å². The largest absolute Gasteiger partial charge is 0.464 e. The molecular formula is C8H13FO3. The first-order chi connectivity index (χ1) is 5.72. The van der Waals surface area contributed by atoms with Gasteiger partial charge in [-0.25, -0.2) is 4.79 Å². The SMILES string of the molecule is COCCC/C=C(\F)C(=O)OC. The van der Waals surface area contributed by atoms with Crippen LogP contribution in [0.25, 0.3) is 0 Å². The van der Waals surface area contributed by atoms with E-state index in [1.807, 2.05) is 0 Å². The Morgan fingerprint density at radius 1 is 1.50 bits per heavy atom. The van der Waals surface area contributed by atoms with E-state index >= 15 is 0 Å². The van der Waals surface area contributed by atoms with Gasteiger partial charge in [-0.2, -0.15) is 4.39 Å². The Morgan fingerprint density at radius 2 is 2.17 bits per heavy atom. The summed E-state index contributed by atoms with van der Waals surface area (Å²) in [6.07, 6.45) is 2.38. The fraction of sp³-hybridized carbons (Fsp3) is 0.625. The van der Waals surface area contributed by atoms with Gasteiger partial charge in [-0.05, 0) is 18.9 Å². The fourth-order valence-corrected chi connectivity index (χ4v) is 0.637. The number of ether oxygens (including phenoxy) is 2. The van der Waals surface area contributed by atoms with Gasteiger partial charge in [0.2, 0.25) is 5.83 Å². The van der Waals surface area contributed by atoms with Gasteiger partial charge in [0.1, 0.15) is 0 Å². The maximum absolute atomic E-state index is 12.6. The number of hydrogen-bond acceptors (Lipinski definition) is 3. The maximum atomic E-state index is 12.6. The second kappa shape index (κ2) is 6.79. The molecule has 70 valence electrons. The van der Waals surface area contributed by atoms with Crippen molar-refractivity contribution in [1.82, 2.24) is 0 Å². The minimum atomic E-state index is -0.924. The van der Waals surface area contributed by atoms with Gasteiger partial charge < -0.3 is 9.47 Å². The van der Waals surface area contributed by atoms with Crippen LogP contribution in [-0.2, 0) is 14.3 Å². The van der Waals surface area contributed by atoms with Crippen molar-refractivity contribution in [2.24, 2.45) is 0 Å². The summed E-state index contributed by atoms with van der Waals surface area (Å²) in [5.74, 6) is -1.76. The van der Waals surface area contributed by atoms with E-state index in [-0.39, 0.29) is 0 Å². The third-order valence-corrected chi connectivity index (χ3v) is 1.26. The van der Waals surface area contributed by atoms with Crippen LogP contribution in [0.1, 0.15) is 12.8 Å². The Labute approximate surface area is 71.2 Å². The number of rotatable bonds is 5. The van der Waals surface area contributed by atoms with E-state index in [1.54, 1.807) is 7.11 Å². The van der Waals surface area contributed by atoms with E-state index in [0.29, 0.717) is 19.4 Å². The van der Waals surface area contributed by atoms with Gasteiger partial charge in [0.05, 0.1) is 7.11 Å². The molecule has 0 aliphatic heterocycles. The van der Waals surface area contributed by atoms with Crippen LogP contribution < -0.4 is 0 Å². The molecule has 0 aromatic heterocycles. The second-order valence-corrected chi connectivity index (χ2v) is 2.18. The number of halogens is 1. The summed E-state index contributed by atoms with van der Waals surface area (Å²) < 4.78 is 21.5. The van der Waals surface area contributed by atoms with Gasteiger partial charge in [0.25, 0.3) is 0 Å². The Morgan fingerprint density at radius 3 is 2.67 bits per heavy atom. The van der Waals surface area contributed by atoms with Crippen LogP contribution in [0.3, 0.4) is 0 Å². The molecule has 0 aromatic carbocycles. The van der Waals surface area contributed by atoms with Crippen LogP contribution in [0.4, 0.5) is 4.39 Å². The van der Waals surface area contributed by atoms with E-state index in [0.717, 1.165) is 7.11 Å². The molecule has 0 fully saturated rings. The first kappa shape index (κ1) is 11.1. The lowest BCUT2D eigenvalue weighted by atomic mass is 10.3. The molecule has 0 amide bonds. The molecule has 0 spiro atoms. The number of esters is 1. The third kappa shape index (κ3) is 4.85. The lowest BCUT2D eigenvalue weighted by Crippen LogP contribution is -2.00. The number of methoxy groups -OCH3 is 2. The molecule has 4 heteroatoms. The lowest BCUT2D eigenvalue weighted by Gasteiger charge is -1.95. The average Bonchev–Trinajstić information content (AvgIpc) is 2.10. The highest BCUT2D eigenvalue weighted by molar-refractivity contribution is 5.85. The molecule has 0 bridgehead atoms. The highest BCUT2D eigenvalue weighted by atomic mass is 19.1. The molecule has 0 heterocycles. The molecule has 0 atom stereocenters. The molecular weight excluding hydrogens is 163 g/mol. The minimum Gasteiger partial charge on any atom is -0.464 e. The highest BCUT2D eigenvalue weighted by Crippen LogP contribution is 2.02. The van der Waals surface area contributed by atoms with E-state index in [9.17, 15) is 9.18 Å². The van der Waals surface area contributed by atoms with Gasteiger partial charge in [-0.1, -0.05) is 0 Å². The first-order valence-electron chi connectivity index (χ1n) is 3.65. The van der Waals surface area contributed by atoms with Gasteiger partial charge in [-0.15, -0.1) is 0 Å². The number of hydrogen-bond donors (Lipinski definition) is 0. The van der Waals surface area contributed by atoms with E-state index in [4.69, 9.17) is 4.74 Å². The average molecular weight is 176 g/mol. The van der Waals surface area contributed by atoms with E-state index in [1.165, 1.54) is 6.08 Å². The summed E-state index contributed by atoms with van der Waals surface area (Å²) in [6.45, 7) is 0.560. The van der Waals surface area contributed by atoms with E-state index in [2.05, 4.69) is 4.74 Å². The van der Waals surface area contributed by atoms with Gasteiger partial charge >= 0.3 is 5.97 Å². The summed E-state index contributed by atoms with van der Waals surface area (Å²) in [7, 11) is 2.71. The Bertz CT molecular complexity index is 166. The normalized spacial score (nSPS) is 11.4. The summed E-state index contributed by atoms with van der Waals surface area (Å²) in [5.41, 5.74) is 0. The molecule has 0 aliphatic carbocycles. The molecule has 0 aliphatic rings. The number of carbonyl (C=O) groups excluding carboxylic acids is 1. The predicted octanol–water partition coefficient (Wildman–Crippen LogP) is 1.44. The quantitative estimate of drug-likeness (QED) is 0.361. The predicted molar refractivity (Wildman–Crippen MR) is 42.3 cm³/mol. The second-order valence-electron chi connectivity index (χ2n) is 2.18. The number of unbranched alkanes of at least 4 members (excludes halogenated alkanes) is 1.